The number of ether oxygens (including phenoxy) is 2. The summed E-state index contributed by atoms with van der Waals surface area (Å²) in [6.45, 7) is 4.76. The molecule has 1 fully saturated rings. The first-order chi connectivity index (χ1) is 15.1. The van der Waals surface area contributed by atoms with E-state index in [2.05, 4.69) is 26.5 Å². The number of methoxy groups -OCH3 is 1. The van der Waals surface area contributed by atoms with Crippen molar-refractivity contribution < 1.29 is 13.9 Å². The van der Waals surface area contributed by atoms with Crippen LogP contribution in [0.15, 0.2) is 41.5 Å². The van der Waals surface area contributed by atoms with E-state index < -0.39 is 0 Å². The molecule has 1 atom stereocenters. The molecule has 1 aliphatic rings. The lowest BCUT2D eigenvalue weighted by Crippen LogP contribution is -2.44. The maximum atomic E-state index is 14.0. The van der Waals surface area contributed by atoms with Crippen molar-refractivity contribution in [2.75, 3.05) is 38.3 Å². The molecule has 9 heteroatoms. The lowest BCUT2D eigenvalue weighted by molar-refractivity contribution is 0.330. The molecule has 172 valence electrons. The number of hydrogen-bond donors (Lipinski definition) is 2. The molecule has 1 saturated heterocycles. The monoisotopic (exact) mass is 553 g/mol. The van der Waals surface area contributed by atoms with Crippen LogP contribution in [0.2, 0.25) is 0 Å². The highest BCUT2D eigenvalue weighted by molar-refractivity contribution is 14.0. The van der Waals surface area contributed by atoms with Gasteiger partial charge in [0.15, 0.2) is 29.1 Å². The van der Waals surface area contributed by atoms with Gasteiger partial charge in [-0.3, -0.25) is 0 Å². The van der Waals surface area contributed by atoms with Gasteiger partial charge in [0, 0.05) is 31.9 Å². The first-order valence-electron chi connectivity index (χ1n) is 10.3. The summed E-state index contributed by atoms with van der Waals surface area (Å²) in [7, 11) is 1.59. The zero-order valence-electron chi connectivity index (χ0n) is 18.3. The van der Waals surface area contributed by atoms with Gasteiger partial charge in [-0.05, 0) is 43.2 Å². The third kappa shape index (κ3) is 6.88. The zero-order chi connectivity index (χ0) is 22.1. The molecule has 0 amide bonds. The summed E-state index contributed by atoms with van der Waals surface area (Å²) in [4.78, 5) is 10.8. The van der Waals surface area contributed by atoms with Crippen LogP contribution in [0.4, 0.5) is 10.2 Å². The van der Waals surface area contributed by atoms with Crippen LogP contribution in [-0.2, 0) is 6.54 Å². The van der Waals surface area contributed by atoms with Gasteiger partial charge in [0.2, 0.25) is 0 Å². The average Bonchev–Trinajstić information content (AvgIpc) is 3.24. The van der Waals surface area contributed by atoms with Gasteiger partial charge in [-0.2, -0.15) is 0 Å². The standard InChI is InChI=1S/C23H28FN5O2.HI/c1-4-13-31-21-14-17(8-9-20(21)30-3)15-27-23(25-5-2)28-18-10-12-29(16-18)22-19(24)7-6-11-26-22;/h1,6-9,11,14,18H,5,10,12-13,15-16H2,2-3H3,(H2,25,27,28);1H. The molecule has 1 aliphatic heterocycles. The number of nitrogens with zero attached hydrogens (tertiary/aromatic N) is 3. The second kappa shape index (κ2) is 13.0. The quantitative estimate of drug-likeness (QED) is 0.227. The summed E-state index contributed by atoms with van der Waals surface area (Å²) in [6, 6.07) is 8.84. The molecule has 1 aromatic heterocycles. The maximum Gasteiger partial charge on any atom is 0.191 e. The molecule has 1 aromatic carbocycles. The topological polar surface area (TPSA) is 71.0 Å². The van der Waals surface area contributed by atoms with Crippen molar-refractivity contribution in [2.24, 2.45) is 4.99 Å². The highest BCUT2D eigenvalue weighted by atomic mass is 127. The molecule has 0 spiro atoms. The first kappa shape index (κ1) is 25.5. The molecule has 2 heterocycles. The number of anilines is 1. The van der Waals surface area contributed by atoms with Gasteiger partial charge in [0.25, 0.3) is 0 Å². The Morgan fingerprint density at radius 3 is 2.94 bits per heavy atom. The van der Waals surface area contributed by atoms with E-state index in [9.17, 15) is 4.39 Å². The Balaban J connectivity index is 0.00000363. The smallest absolute Gasteiger partial charge is 0.191 e. The molecule has 0 saturated carbocycles. The predicted octanol–water partition coefficient (Wildman–Crippen LogP) is 3.19. The number of pyridine rings is 1. The first-order valence-corrected chi connectivity index (χ1v) is 10.3. The van der Waals surface area contributed by atoms with Crippen LogP contribution in [0.3, 0.4) is 0 Å². The van der Waals surface area contributed by atoms with Gasteiger partial charge >= 0.3 is 0 Å². The van der Waals surface area contributed by atoms with E-state index in [1.54, 1.807) is 19.4 Å². The maximum absolute atomic E-state index is 14.0. The summed E-state index contributed by atoms with van der Waals surface area (Å²) in [5.74, 6) is 4.48. The predicted molar refractivity (Wildman–Crippen MR) is 136 cm³/mol. The van der Waals surface area contributed by atoms with E-state index in [1.165, 1.54) is 6.07 Å². The average molecular weight is 553 g/mol. The number of nitrogens with one attached hydrogen (secondary N) is 2. The minimum atomic E-state index is -0.300. The molecule has 32 heavy (non-hydrogen) atoms. The Kier molecular flexibility index (Phi) is 10.3. The number of aromatic nitrogens is 1. The van der Waals surface area contributed by atoms with Crippen molar-refractivity contribution in [2.45, 2.75) is 25.9 Å². The fourth-order valence-electron chi connectivity index (χ4n) is 3.42. The van der Waals surface area contributed by atoms with Gasteiger partial charge in [-0.15, -0.1) is 30.4 Å². The lowest BCUT2D eigenvalue weighted by atomic mass is 10.2. The van der Waals surface area contributed by atoms with Crippen molar-refractivity contribution in [3.63, 3.8) is 0 Å². The van der Waals surface area contributed by atoms with Gasteiger partial charge in [-0.25, -0.2) is 14.4 Å². The van der Waals surface area contributed by atoms with Gasteiger partial charge in [0.1, 0.15) is 6.61 Å². The normalized spacial score (nSPS) is 15.5. The number of rotatable bonds is 8. The summed E-state index contributed by atoms with van der Waals surface area (Å²) in [5.41, 5.74) is 0.966. The zero-order valence-corrected chi connectivity index (χ0v) is 20.6. The van der Waals surface area contributed by atoms with Crippen molar-refractivity contribution >= 4 is 35.8 Å². The molecule has 0 aliphatic carbocycles. The lowest BCUT2D eigenvalue weighted by Gasteiger charge is -2.20. The van der Waals surface area contributed by atoms with Gasteiger partial charge in [0.05, 0.1) is 13.7 Å². The fourth-order valence-corrected chi connectivity index (χ4v) is 3.42. The fraction of sp³-hybridized carbons (Fsp3) is 0.391. The summed E-state index contributed by atoms with van der Waals surface area (Å²) < 4.78 is 24.9. The van der Waals surface area contributed by atoms with Crippen molar-refractivity contribution in [3.05, 3.63) is 47.9 Å². The van der Waals surface area contributed by atoms with Gasteiger partial charge in [-0.1, -0.05) is 12.0 Å². The molecule has 3 rings (SSSR count). The van der Waals surface area contributed by atoms with E-state index in [4.69, 9.17) is 15.9 Å². The number of terminal acetylenes is 1. The van der Waals surface area contributed by atoms with Crippen LogP contribution in [0.5, 0.6) is 11.5 Å². The van der Waals surface area contributed by atoms with Gasteiger partial charge < -0.3 is 25.0 Å². The third-order valence-electron chi connectivity index (χ3n) is 4.87. The number of hydrogen-bond acceptors (Lipinski definition) is 5. The Morgan fingerprint density at radius 1 is 1.38 bits per heavy atom. The highest BCUT2D eigenvalue weighted by Crippen LogP contribution is 2.28. The van der Waals surface area contributed by atoms with Crippen LogP contribution in [-0.4, -0.2) is 50.3 Å². The Morgan fingerprint density at radius 2 is 2.22 bits per heavy atom. The number of guanidine groups is 1. The molecule has 7 nitrogen and oxygen atoms in total. The van der Waals surface area contributed by atoms with Crippen LogP contribution in [0, 0.1) is 18.2 Å². The Hall–Kier alpha value is -2.74. The SMILES string of the molecule is C#CCOc1cc(CN=C(NCC)NC2CCN(c3ncccc3F)C2)ccc1OC.I. The molecular formula is C23H29FIN5O2. The number of halogens is 2. The summed E-state index contributed by atoms with van der Waals surface area (Å²) in [5, 5.41) is 6.71. The minimum Gasteiger partial charge on any atom is -0.493 e. The minimum absolute atomic E-state index is 0. The second-order valence-electron chi connectivity index (χ2n) is 7.06. The Labute approximate surface area is 205 Å². The number of aliphatic imine (C=N–C) groups is 1. The molecule has 0 bridgehead atoms. The summed E-state index contributed by atoms with van der Waals surface area (Å²) >= 11 is 0. The second-order valence-corrected chi connectivity index (χ2v) is 7.06. The van der Waals surface area contributed by atoms with E-state index in [-0.39, 0.29) is 42.4 Å². The highest BCUT2D eigenvalue weighted by Gasteiger charge is 2.25. The van der Waals surface area contributed by atoms with Crippen LogP contribution in [0.25, 0.3) is 0 Å². The van der Waals surface area contributed by atoms with E-state index in [1.807, 2.05) is 30.0 Å². The molecule has 2 aromatic rings. The molecule has 0 radical (unpaired) electrons. The molecule has 1 unspecified atom stereocenters. The van der Waals surface area contributed by atoms with Crippen molar-refractivity contribution in [3.8, 4) is 23.8 Å². The Bertz CT molecular complexity index is 950. The van der Waals surface area contributed by atoms with E-state index >= 15 is 0 Å². The van der Waals surface area contributed by atoms with Crippen LogP contribution < -0.4 is 25.0 Å². The molecular weight excluding hydrogens is 524 g/mol. The number of benzene rings is 1. The van der Waals surface area contributed by atoms with E-state index in [0.717, 1.165) is 25.1 Å². The largest absolute Gasteiger partial charge is 0.493 e. The van der Waals surface area contributed by atoms with Crippen molar-refractivity contribution in [1.82, 2.24) is 15.6 Å². The summed E-state index contributed by atoms with van der Waals surface area (Å²) in [6.07, 6.45) is 7.77. The van der Waals surface area contributed by atoms with Crippen molar-refractivity contribution in [1.29, 1.82) is 0 Å². The third-order valence-corrected chi connectivity index (χ3v) is 4.87. The van der Waals surface area contributed by atoms with Crippen LogP contribution in [0.1, 0.15) is 18.9 Å². The van der Waals surface area contributed by atoms with E-state index in [0.29, 0.717) is 36.4 Å². The van der Waals surface area contributed by atoms with Crippen LogP contribution >= 0.6 is 24.0 Å². The molecule has 2 N–H and O–H groups in total.